The van der Waals surface area contributed by atoms with Crippen molar-refractivity contribution in [3.8, 4) is 0 Å². The van der Waals surface area contributed by atoms with Crippen molar-refractivity contribution in [3.63, 3.8) is 0 Å². The largest absolute Gasteiger partial charge is 0.744 e. The van der Waals surface area contributed by atoms with Gasteiger partial charge in [0.2, 0.25) is 0 Å². The summed E-state index contributed by atoms with van der Waals surface area (Å²) < 4.78 is 31.2. The van der Waals surface area contributed by atoms with E-state index in [-0.39, 0.29) is 4.47 Å². The molecular formula is C5H3BrNO4S-. The molecule has 0 bridgehead atoms. The lowest BCUT2D eigenvalue weighted by atomic mass is 10.5. The third-order valence-electron chi connectivity index (χ3n) is 1.12. The molecular weight excluding hydrogens is 250 g/mol. The van der Waals surface area contributed by atoms with Crippen LogP contribution < -0.4 is 5.56 Å². The topological polar surface area (TPSA) is 90.1 Å². The van der Waals surface area contributed by atoms with Crippen molar-refractivity contribution in [3.05, 3.63) is 27.1 Å². The molecule has 0 fully saturated rings. The summed E-state index contributed by atoms with van der Waals surface area (Å²) in [5.41, 5.74) is -0.484. The molecule has 5 nitrogen and oxygen atoms in total. The number of aromatic amines is 1. The molecule has 0 aliphatic carbocycles. The fourth-order valence-corrected chi connectivity index (χ4v) is 1.56. The molecule has 0 saturated carbocycles. The fourth-order valence-electron chi connectivity index (χ4n) is 0.582. The zero-order valence-electron chi connectivity index (χ0n) is 5.57. The number of pyridine rings is 1. The fraction of sp³-hybridized carbons (Fsp3) is 0. The Kier molecular flexibility index (Phi) is 2.36. The predicted molar refractivity (Wildman–Crippen MR) is 42.7 cm³/mol. The summed E-state index contributed by atoms with van der Waals surface area (Å²) in [4.78, 5) is 12.3. The van der Waals surface area contributed by atoms with Gasteiger partial charge in [0.05, 0.1) is 9.37 Å². The van der Waals surface area contributed by atoms with Crippen molar-refractivity contribution >= 4 is 26.0 Å². The molecule has 0 aromatic carbocycles. The molecule has 0 aliphatic rings. The predicted octanol–water partition coefficient (Wildman–Crippen LogP) is 0.0415. The Balaban J connectivity index is 3.43. The molecule has 7 heteroatoms. The first-order chi connectivity index (χ1) is 5.41. The van der Waals surface area contributed by atoms with Crippen LogP contribution in [-0.4, -0.2) is 18.0 Å². The highest BCUT2D eigenvalue weighted by Gasteiger charge is 2.03. The van der Waals surface area contributed by atoms with Crippen LogP contribution in [0.2, 0.25) is 0 Å². The molecule has 0 unspecified atom stereocenters. The van der Waals surface area contributed by atoms with Gasteiger partial charge in [0, 0.05) is 6.20 Å². The van der Waals surface area contributed by atoms with E-state index in [0.29, 0.717) is 0 Å². The van der Waals surface area contributed by atoms with Crippen molar-refractivity contribution < 1.29 is 13.0 Å². The summed E-state index contributed by atoms with van der Waals surface area (Å²) in [5, 5.41) is 0. The SMILES string of the molecule is O=c1[nH]cc(S(=O)(=O)[O-])cc1Br. The molecule has 1 rings (SSSR count). The first-order valence-electron chi connectivity index (χ1n) is 2.75. The molecule has 1 aromatic heterocycles. The lowest BCUT2D eigenvalue weighted by Crippen LogP contribution is -2.09. The number of hydrogen-bond acceptors (Lipinski definition) is 4. The van der Waals surface area contributed by atoms with E-state index in [1.807, 2.05) is 0 Å². The van der Waals surface area contributed by atoms with E-state index in [4.69, 9.17) is 0 Å². The van der Waals surface area contributed by atoms with Crippen LogP contribution in [0.1, 0.15) is 0 Å². The van der Waals surface area contributed by atoms with Crippen LogP contribution >= 0.6 is 15.9 Å². The number of halogens is 1. The van der Waals surface area contributed by atoms with Gasteiger partial charge in [0.1, 0.15) is 10.1 Å². The van der Waals surface area contributed by atoms with Gasteiger partial charge < -0.3 is 9.54 Å². The molecule has 1 heterocycles. The Morgan fingerprint density at radius 3 is 2.50 bits per heavy atom. The van der Waals surface area contributed by atoms with Gasteiger partial charge in [-0.25, -0.2) is 8.42 Å². The number of rotatable bonds is 1. The smallest absolute Gasteiger partial charge is 0.262 e. The van der Waals surface area contributed by atoms with Gasteiger partial charge in [-0.1, -0.05) is 0 Å². The quantitative estimate of drug-likeness (QED) is 0.715. The molecule has 0 atom stereocenters. The van der Waals surface area contributed by atoms with E-state index in [9.17, 15) is 17.8 Å². The molecule has 0 saturated heterocycles. The molecule has 1 aromatic rings. The Bertz CT molecular complexity index is 449. The number of nitrogens with one attached hydrogen (secondary N) is 1. The van der Waals surface area contributed by atoms with Crippen molar-refractivity contribution in [2.45, 2.75) is 4.90 Å². The summed E-state index contributed by atoms with van der Waals surface area (Å²) in [5.74, 6) is 0. The van der Waals surface area contributed by atoms with Crippen molar-refractivity contribution in [1.29, 1.82) is 0 Å². The van der Waals surface area contributed by atoms with Gasteiger partial charge in [0.25, 0.3) is 5.56 Å². The summed E-state index contributed by atoms with van der Waals surface area (Å²) in [6, 6.07) is 0.959. The van der Waals surface area contributed by atoms with E-state index < -0.39 is 20.6 Å². The highest BCUT2D eigenvalue weighted by molar-refractivity contribution is 9.10. The van der Waals surface area contributed by atoms with Crippen LogP contribution in [0.4, 0.5) is 0 Å². The van der Waals surface area contributed by atoms with Gasteiger partial charge in [-0.2, -0.15) is 0 Å². The second kappa shape index (κ2) is 3.00. The average molecular weight is 253 g/mol. The van der Waals surface area contributed by atoms with E-state index in [1.54, 1.807) is 0 Å². The van der Waals surface area contributed by atoms with Crippen LogP contribution in [0.3, 0.4) is 0 Å². The van der Waals surface area contributed by atoms with Gasteiger partial charge in [0.15, 0.2) is 0 Å². The standard InChI is InChI=1S/C5H4BrNO4S/c6-4-1-3(12(9,10)11)2-7-5(4)8/h1-2H,(H,7,8)(H,9,10,11)/p-1. The van der Waals surface area contributed by atoms with Crippen molar-refractivity contribution in [2.24, 2.45) is 0 Å². The highest BCUT2D eigenvalue weighted by atomic mass is 79.9. The van der Waals surface area contributed by atoms with Crippen molar-refractivity contribution in [2.75, 3.05) is 0 Å². The van der Waals surface area contributed by atoms with Crippen LogP contribution in [-0.2, 0) is 10.1 Å². The maximum Gasteiger partial charge on any atom is 0.262 e. The monoisotopic (exact) mass is 252 g/mol. The second-order valence-electron chi connectivity index (χ2n) is 1.97. The number of hydrogen-bond donors (Lipinski definition) is 1. The lowest BCUT2D eigenvalue weighted by Gasteiger charge is -2.05. The molecule has 66 valence electrons. The van der Waals surface area contributed by atoms with Crippen LogP contribution in [0.25, 0.3) is 0 Å². The molecule has 0 radical (unpaired) electrons. The second-order valence-corrected chi connectivity index (χ2v) is 4.20. The Morgan fingerprint density at radius 2 is 2.08 bits per heavy atom. The van der Waals surface area contributed by atoms with E-state index in [0.717, 1.165) is 12.3 Å². The molecule has 0 amide bonds. The van der Waals surface area contributed by atoms with Crippen LogP contribution in [0, 0.1) is 0 Å². The minimum atomic E-state index is -4.49. The first kappa shape index (κ1) is 9.43. The number of H-pyrrole nitrogens is 1. The summed E-state index contributed by atoms with van der Waals surface area (Å²) >= 11 is 2.79. The third kappa shape index (κ3) is 1.93. The van der Waals surface area contributed by atoms with E-state index in [1.165, 1.54) is 0 Å². The average Bonchev–Trinajstić information content (AvgIpc) is 1.92. The van der Waals surface area contributed by atoms with Gasteiger partial charge in [-0.15, -0.1) is 0 Å². The van der Waals surface area contributed by atoms with Gasteiger partial charge in [-0.3, -0.25) is 4.79 Å². The van der Waals surface area contributed by atoms with E-state index >= 15 is 0 Å². The van der Waals surface area contributed by atoms with Crippen LogP contribution in [0.15, 0.2) is 26.4 Å². The highest BCUT2D eigenvalue weighted by Crippen LogP contribution is 2.09. The minimum absolute atomic E-state index is 0.0134. The zero-order valence-corrected chi connectivity index (χ0v) is 7.98. The van der Waals surface area contributed by atoms with Gasteiger partial charge >= 0.3 is 0 Å². The minimum Gasteiger partial charge on any atom is -0.744 e. The molecule has 1 N–H and O–H groups in total. The van der Waals surface area contributed by atoms with Crippen molar-refractivity contribution in [1.82, 2.24) is 4.98 Å². The molecule has 0 aliphatic heterocycles. The summed E-state index contributed by atoms with van der Waals surface area (Å²) in [7, 11) is -4.49. The lowest BCUT2D eigenvalue weighted by molar-refractivity contribution is 0.462. The van der Waals surface area contributed by atoms with E-state index in [2.05, 4.69) is 20.9 Å². The first-order valence-corrected chi connectivity index (χ1v) is 4.95. The maximum atomic E-state index is 10.7. The van der Waals surface area contributed by atoms with Crippen LogP contribution in [0.5, 0.6) is 0 Å². The van der Waals surface area contributed by atoms with Gasteiger partial charge in [-0.05, 0) is 22.0 Å². The third-order valence-corrected chi connectivity index (χ3v) is 2.52. The Labute approximate surface area is 76.3 Å². The number of aromatic nitrogens is 1. The molecule has 0 spiro atoms. The zero-order chi connectivity index (χ0) is 9.35. The normalized spacial score (nSPS) is 11.5. The summed E-state index contributed by atoms with van der Waals surface area (Å²) in [6.07, 6.45) is 0.857. The Morgan fingerprint density at radius 1 is 1.50 bits per heavy atom. The maximum absolute atomic E-state index is 10.7. The molecule has 12 heavy (non-hydrogen) atoms. The Hall–Kier alpha value is -0.660. The summed E-state index contributed by atoms with van der Waals surface area (Å²) in [6.45, 7) is 0.